The molecule has 3 rings (SSSR count). The van der Waals surface area contributed by atoms with Gasteiger partial charge >= 0.3 is 0 Å². The molecule has 0 saturated carbocycles. The summed E-state index contributed by atoms with van der Waals surface area (Å²) in [5.74, 6) is 1.12. The van der Waals surface area contributed by atoms with Gasteiger partial charge in [-0.3, -0.25) is 4.90 Å². The van der Waals surface area contributed by atoms with Crippen LogP contribution in [0.5, 0.6) is 0 Å². The topological polar surface area (TPSA) is 25.9 Å². The molecule has 0 spiro atoms. The van der Waals surface area contributed by atoms with Gasteiger partial charge in [-0.05, 0) is 38.7 Å². The van der Waals surface area contributed by atoms with Crippen molar-refractivity contribution in [1.82, 2.24) is 19.7 Å². The van der Waals surface area contributed by atoms with E-state index in [-0.39, 0.29) is 0 Å². The molecule has 1 aromatic rings. The Hall–Kier alpha value is -1.17. The van der Waals surface area contributed by atoms with Crippen LogP contribution in [0.1, 0.15) is 6.42 Å². The number of anilines is 1. The van der Waals surface area contributed by atoms with Crippen LogP contribution in [-0.4, -0.2) is 92.2 Å². The second-order valence-electron chi connectivity index (χ2n) is 6.52. The first-order valence-corrected chi connectivity index (χ1v) is 8.60. The zero-order chi connectivity index (χ0) is 15.2. The minimum Gasteiger partial charge on any atom is -0.354 e. The van der Waals surface area contributed by atoms with Crippen molar-refractivity contribution in [2.24, 2.45) is 0 Å². The second-order valence-corrected chi connectivity index (χ2v) is 6.52. The van der Waals surface area contributed by atoms with Gasteiger partial charge in [-0.2, -0.15) is 0 Å². The Kier molecular flexibility index (Phi) is 5.64. The third kappa shape index (κ3) is 4.41. The quantitative estimate of drug-likeness (QED) is 0.803. The average Bonchev–Trinajstić information content (AvgIpc) is 2.58. The first kappa shape index (κ1) is 15.7. The molecule has 2 fully saturated rings. The maximum atomic E-state index is 4.45. The van der Waals surface area contributed by atoms with E-state index in [0.717, 1.165) is 18.9 Å². The highest BCUT2D eigenvalue weighted by atomic mass is 15.3. The summed E-state index contributed by atoms with van der Waals surface area (Å²) in [6.45, 7) is 12.0. The molecule has 3 heterocycles. The maximum Gasteiger partial charge on any atom is 0.128 e. The third-order valence-corrected chi connectivity index (χ3v) is 4.89. The van der Waals surface area contributed by atoms with E-state index < -0.39 is 0 Å². The van der Waals surface area contributed by atoms with Crippen molar-refractivity contribution in [2.75, 3.05) is 77.4 Å². The minimum atomic E-state index is 1.10. The average molecular weight is 303 g/mol. The number of piperazine rings is 2. The van der Waals surface area contributed by atoms with Gasteiger partial charge < -0.3 is 14.7 Å². The van der Waals surface area contributed by atoms with Crippen LogP contribution < -0.4 is 4.90 Å². The maximum absolute atomic E-state index is 4.45. The van der Waals surface area contributed by atoms with E-state index in [4.69, 9.17) is 0 Å². The number of likely N-dealkylation sites (N-methyl/N-ethyl adjacent to an activating group) is 1. The van der Waals surface area contributed by atoms with Crippen LogP contribution in [0.2, 0.25) is 0 Å². The molecule has 0 atom stereocenters. The predicted molar refractivity (Wildman–Crippen MR) is 91.4 cm³/mol. The molecule has 0 aromatic carbocycles. The Morgan fingerprint density at radius 3 is 2.09 bits per heavy atom. The largest absolute Gasteiger partial charge is 0.354 e. The number of hydrogen-bond acceptors (Lipinski definition) is 5. The van der Waals surface area contributed by atoms with E-state index in [1.54, 1.807) is 0 Å². The predicted octanol–water partition coefficient (Wildman–Crippen LogP) is 0.841. The summed E-state index contributed by atoms with van der Waals surface area (Å²) >= 11 is 0. The van der Waals surface area contributed by atoms with Crippen LogP contribution in [0, 0.1) is 0 Å². The van der Waals surface area contributed by atoms with Crippen LogP contribution in [0.15, 0.2) is 24.4 Å². The lowest BCUT2D eigenvalue weighted by Crippen LogP contribution is -2.48. The molecule has 5 heteroatoms. The summed E-state index contributed by atoms with van der Waals surface area (Å²) in [7, 11) is 2.22. The van der Waals surface area contributed by atoms with Crippen LogP contribution >= 0.6 is 0 Å². The number of nitrogens with zero attached hydrogens (tertiary/aromatic N) is 5. The molecule has 22 heavy (non-hydrogen) atoms. The summed E-state index contributed by atoms with van der Waals surface area (Å²) in [5.41, 5.74) is 0. The Labute approximate surface area is 134 Å². The lowest BCUT2D eigenvalue weighted by atomic mass is 10.2. The van der Waals surface area contributed by atoms with Crippen LogP contribution in [-0.2, 0) is 0 Å². The fourth-order valence-corrected chi connectivity index (χ4v) is 3.33. The summed E-state index contributed by atoms with van der Waals surface area (Å²) in [6, 6.07) is 6.17. The van der Waals surface area contributed by atoms with E-state index >= 15 is 0 Å². The number of aromatic nitrogens is 1. The lowest BCUT2D eigenvalue weighted by Gasteiger charge is -2.36. The molecule has 0 aliphatic carbocycles. The summed E-state index contributed by atoms with van der Waals surface area (Å²) in [4.78, 5) is 14.5. The second kappa shape index (κ2) is 7.90. The van der Waals surface area contributed by atoms with Gasteiger partial charge in [0.05, 0.1) is 0 Å². The number of hydrogen-bond donors (Lipinski definition) is 0. The monoisotopic (exact) mass is 303 g/mol. The standard InChI is InChI=1S/C17H29N5/c1-19-9-11-20(12-10-19)7-4-8-21-13-15-22(16-14-21)17-5-2-3-6-18-17/h2-3,5-6H,4,7-16H2,1H3. The minimum absolute atomic E-state index is 1.10. The van der Waals surface area contributed by atoms with Crippen LogP contribution in [0.3, 0.4) is 0 Å². The Balaban J connectivity index is 1.32. The van der Waals surface area contributed by atoms with Crippen molar-refractivity contribution in [3.63, 3.8) is 0 Å². The molecule has 5 nitrogen and oxygen atoms in total. The highest BCUT2D eigenvalue weighted by Crippen LogP contribution is 2.12. The first-order chi connectivity index (χ1) is 10.8. The highest BCUT2D eigenvalue weighted by Gasteiger charge is 2.18. The summed E-state index contributed by atoms with van der Waals surface area (Å²) in [5, 5.41) is 0. The highest BCUT2D eigenvalue weighted by molar-refractivity contribution is 5.38. The molecule has 0 unspecified atom stereocenters. The molecular weight excluding hydrogens is 274 g/mol. The van der Waals surface area contributed by atoms with Gasteiger partial charge in [0.25, 0.3) is 0 Å². The molecule has 1 aromatic heterocycles. The van der Waals surface area contributed by atoms with Crippen LogP contribution in [0.4, 0.5) is 5.82 Å². The fourth-order valence-electron chi connectivity index (χ4n) is 3.33. The van der Waals surface area contributed by atoms with Gasteiger partial charge in [0, 0.05) is 58.6 Å². The fraction of sp³-hybridized carbons (Fsp3) is 0.706. The molecule has 0 N–H and O–H groups in total. The third-order valence-electron chi connectivity index (χ3n) is 4.89. The molecule has 2 aliphatic rings. The Morgan fingerprint density at radius 1 is 0.864 bits per heavy atom. The molecular formula is C17H29N5. The van der Waals surface area contributed by atoms with Gasteiger partial charge in [0.1, 0.15) is 5.82 Å². The number of pyridine rings is 1. The zero-order valence-corrected chi connectivity index (χ0v) is 13.8. The van der Waals surface area contributed by atoms with Crippen molar-refractivity contribution in [2.45, 2.75) is 6.42 Å². The molecule has 0 bridgehead atoms. The van der Waals surface area contributed by atoms with Crippen molar-refractivity contribution < 1.29 is 0 Å². The van der Waals surface area contributed by atoms with Gasteiger partial charge in [0.15, 0.2) is 0 Å². The Morgan fingerprint density at radius 2 is 1.50 bits per heavy atom. The molecule has 0 amide bonds. The molecule has 0 radical (unpaired) electrons. The number of rotatable bonds is 5. The van der Waals surface area contributed by atoms with Gasteiger partial charge in [-0.15, -0.1) is 0 Å². The van der Waals surface area contributed by atoms with Crippen molar-refractivity contribution in [1.29, 1.82) is 0 Å². The van der Waals surface area contributed by atoms with E-state index in [1.165, 1.54) is 58.8 Å². The summed E-state index contributed by atoms with van der Waals surface area (Å²) < 4.78 is 0. The van der Waals surface area contributed by atoms with E-state index in [0.29, 0.717) is 0 Å². The van der Waals surface area contributed by atoms with E-state index in [9.17, 15) is 0 Å². The van der Waals surface area contributed by atoms with E-state index in [1.807, 2.05) is 12.3 Å². The van der Waals surface area contributed by atoms with Crippen LogP contribution in [0.25, 0.3) is 0 Å². The Bertz CT molecular complexity index is 422. The van der Waals surface area contributed by atoms with Gasteiger partial charge in [-0.25, -0.2) is 4.98 Å². The van der Waals surface area contributed by atoms with Gasteiger partial charge in [0.2, 0.25) is 0 Å². The van der Waals surface area contributed by atoms with Crippen molar-refractivity contribution >= 4 is 5.82 Å². The smallest absolute Gasteiger partial charge is 0.128 e. The van der Waals surface area contributed by atoms with Crippen molar-refractivity contribution in [3.05, 3.63) is 24.4 Å². The zero-order valence-electron chi connectivity index (χ0n) is 13.8. The van der Waals surface area contributed by atoms with E-state index in [2.05, 4.69) is 43.8 Å². The molecule has 2 aliphatic heterocycles. The first-order valence-electron chi connectivity index (χ1n) is 8.60. The van der Waals surface area contributed by atoms with Crippen molar-refractivity contribution in [3.8, 4) is 0 Å². The molecule has 122 valence electrons. The normalized spacial score (nSPS) is 22.1. The molecule has 2 saturated heterocycles. The lowest BCUT2D eigenvalue weighted by molar-refractivity contribution is 0.145. The summed E-state index contributed by atoms with van der Waals surface area (Å²) in [6.07, 6.45) is 3.19. The SMILES string of the molecule is CN1CCN(CCCN2CCN(c3ccccn3)CC2)CC1. The van der Waals surface area contributed by atoms with Gasteiger partial charge in [-0.1, -0.05) is 6.07 Å².